The normalized spacial score (nSPS) is 7.19. The van der Waals surface area contributed by atoms with Gasteiger partial charge in [0.1, 0.15) is 0 Å². The van der Waals surface area contributed by atoms with E-state index in [9.17, 15) is 9.59 Å². The number of allylic oxidation sites excluding steroid dienone is 3. The van der Waals surface area contributed by atoms with E-state index in [-0.39, 0.29) is 11.1 Å². The van der Waals surface area contributed by atoms with Crippen molar-refractivity contribution in [1.29, 1.82) is 0 Å². The number of carbonyl (C=O) groups is 2. The van der Waals surface area contributed by atoms with E-state index >= 15 is 0 Å². The molecule has 0 aliphatic heterocycles. The van der Waals surface area contributed by atoms with Crippen LogP contribution in [0.3, 0.4) is 0 Å². The second-order valence-corrected chi connectivity index (χ2v) is 3.38. The molecule has 0 fully saturated rings. The van der Waals surface area contributed by atoms with Crippen molar-refractivity contribution in [3.8, 4) is 0 Å². The van der Waals surface area contributed by atoms with Gasteiger partial charge in [0, 0.05) is 0 Å². The van der Waals surface area contributed by atoms with E-state index in [1.807, 2.05) is 20.8 Å². The largest absolute Gasteiger partial charge is 0.478 e. The Balaban J connectivity index is -0.000000300. The summed E-state index contributed by atoms with van der Waals surface area (Å²) in [6.45, 7) is 15.8. The number of hydrogen-bond acceptors (Lipinski definition) is 2. The molecule has 0 spiro atoms. The number of rotatable bonds is 2. The van der Waals surface area contributed by atoms with E-state index in [1.54, 1.807) is 18.2 Å². The molecule has 4 heteroatoms. The first-order valence-electron chi connectivity index (χ1n) is 6.14. The Kier molecular flexibility index (Phi) is 19.4. The van der Waals surface area contributed by atoms with E-state index < -0.39 is 11.9 Å². The number of carboxylic acid groups (broad SMARTS) is 2. The highest BCUT2D eigenvalue weighted by molar-refractivity contribution is 6.01. The fourth-order valence-electron chi connectivity index (χ4n) is 0.856. The highest BCUT2D eigenvalue weighted by Gasteiger charge is 2.13. The summed E-state index contributed by atoms with van der Waals surface area (Å²) in [6, 6.07) is 5.48. The van der Waals surface area contributed by atoms with Crippen molar-refractivity contribution < 1.29 is 19.8 Å². The molecule has 1 rings (SSSR count). The number of benzene rings is 1. The lowest BCUT2D eigenvalue weighted by Gasteiger charge is -1.98. The molecule has 116 valence electrons. The van der Waals surface area contributed by atoms with Crippen molar-refractivity contribution in [1.82, 2.24) is 0 Å². The maximum atomic E-state index is 10.5. The third kappa shape index (κ3) is 15.3. The average Bonchev–Trinajstić information content (AvgIpc) is 2.41. The zero-order chi connectivity index (χ0) is 17.3. The molecule has 21 heavy (non-hydrogen) atoms. The first kappa shape index (κ1) is 23.5. The van der Waals surface area contributed by atoms with Crippen LogP contribution >= 0.6 is 0 Å². The van der Waals surface area contributed by atoms with Crippen molar-refractivity contribution in [2.24, 2.45) is 0 Å². The Morgan fingerprint density at radius 2 is 1.00 bits per heavy atom. The summed E-state index contributed by atoms with van der Waals surface area (Å²) >= 11 is 0. The van der Waals surface area contributed by atoms with Crippen molar-refractivity contribution in [2.45, 2.75) is 20.8 Å². The predicted octanol–water partition coefficient (Wildman–Crippen LogP) is 4.66. The van der Waals surface area contributed by atoms with Gasteiger partial charge in [-0.15, -0.1) is 19.7 Å². The van der Waals surface area contributed by atoms with Crippen molar-refractivity contribution in [3.63, 3.8) is 0 Å². The summed E-state index contributed by atoms with van der Waals surface area (Å²) in [5.41, 5.74) is -0.380. The summed E-state index contributed by atoms with van der Waals surface area (Å²) < 4.78 is 0. The molecule has 0 aliphatic rings. The lowest BCUT2D eigenvalue weighted by molar-refractivity contribution is 0.0651. The number of hydrogen-bond donors (Lipinski definition) is 2. The topological polar surface area (TPSA) is 74.6 Å². The fourth-order valence-corrected chi connectivity index (χ4v) is 0.856. The van der Waals surface area contributed by atoms with Crippen LogP contribution in [0, 0.1) is 0 Å². The molecule has 0 saturated carbocycles. The van der Waals surface area contributed by atoms with E-state index in [0.29, 0.717) is 0 Å². The van der Waals surface area contributed by atoms with E-state index in [4.69, 9.17) is 10.2 Å². The maximum absolute atomic E-state index is 10.5. The van der Waals surface area contributed by atoms with Gasteiger partial charge in [-0.05, 0) is 32.9 Å². The number of carboxylic acids is 2. The van der Waals surface area contributed by atoms with Gasteiger partial charge in [-0.2, -0.15) is 0 Å². The highest BCUT2D eigenvalue weighted by Crippen LogP contribution is 2.07. The quantitative estimate of drug-likeness (QED) is 0.777. The molecule has 0 aliphatic carbocycles. The monoisotopic (exact) mass is 292 g/mol. The Bertz CT molecular complexity index is 401. The molecule has 1 aromatic carbocycles. The third-order valence-corrected chi connectivity index (χ3v) is 1.39. The van der Waals surface area contributed by atoms with Gasteiger partial charge in [0.05, 0.1) is 11.1 Å². The van der Waals surface area contributed by atoms with Gasteiger partial charge in [-0.1, -0.05) is 30.4 Å². The second kappa shape index (κ2) is 17.4. The van der Waals surface area contributed by atoms with Crippen LogP contribution < -0.4 is 0 Å². The highest BCUT2D eigenvalue weighted by atomic mass is 16.4. The zero-order valence-corrected chi connectivity index (χ0v) is 12.9. The number of aromatic carboxylic acids is 2. The van der Waals surface area contributed by atoms with Gasteiger partial charge in [-0.3, -0.25) is 0 Å². The first-order valence-corrected chi connectivity index (χ1v) is 6.14. The van der Waals surface area contributed by atoms with Gasteiger partial charge in [0.15, 0.2) is 0 Å². The molecule has 0 heterocycles. The van der Waals surface area contributed by atoms with E-state index in [1.165, 1.54) is 24.3 Å². The molecule has 0 aromatic heterocycles. The van der Waals surface area contributed by atoms with E-state index in [2.05, 4.69) is 19.7 Å². The molecule has 0 saturated heterocycles. The van der Waals surface area contributed by atoms with Crippen LogP contribution in [0.2, 0.25) is 0 Å². The third-order valence-electron chi connectivity index (χ3n) is 1.39. The smallest absolute Gasteiger partial charge is 0.336 e. The maximum Gasteiger partial charge on any atom is 0.336 e. The summed E-state index contributed by atoms with van der Waals surface area (Å²) in [6.07, 6.45) is 5.25. The lowest BCUT2D eigenvalue weighted by Crippen LogP contribution is -2.06. The van der Waals surface area contributed by atoms with Crippen molar-refractivity contribution >= 4 is 11.9 Å². The Hall–Kier alpha value is -2.62. The van der Waals surface area contributed by atoms with Crippen molar-refractivity contribution in [2.75, 3.05) is 0 Å². The SMILES string of the molecule is C=CC.C=CC.C=CC.O=C(O)c1ccccc1C(=O)O. The van der Waals surface area contributed by atoms with Crippen LogP contribution in [-0.2, 0) is 0 Å². The summed E-state index contributed by atoms with van der Waals surface area (Å²) in [4.78, 5) is 20.9. The molecule has 4 nitrogen and oxygen atoms in total. The summed E-state index contributed by atoms with van der Waals surface area (Å²) in [7, 11) is 0. The van der Waals surface area contributed by atoms with Crippen LogP contribution in [0.5, 0.6) is 0 Å². The average molecular weight is 292 g/mol. The molecule has 0 bridgehead atoms. The van der Waals surface area contributed by atoms with Crippen LogP contribution in [0.15, 0.2) is 62.2 Å². The van der Waals surface area contributed by atoms with Crippen LogP contribution in [-0.4, -0.2) is 22.2 Å². The first-order chi connectivity index (χ1) is 9.87. The van der Waals surface area contributed by atoms with E-state index in [0.717, 1.165) is 0 Å². The fraction of sp³-hybridized carbons (Fsp3) is 0.176. The van der Waals surface area contributed by atoms with Gasteiger partial charge in [-0.25, -0.2) is 9.59 Å². The standard InChI is InChI=1S/C8H6O4.3C3H6/c9-7(10)5-3-1-2-4-6(5)8(11)12;3*1-3-2/h1-4H,(H,9,10)(H,11,12);3*3H,1H2,2H3. The van der Waals surface area contributed by atoms with Crippen molar-refractivity contribution in [3.05, 3.63) is 73.4 Å². The van der Waals surface area contributed by atoms with Crippen LogP contribution in [0.1, 0.15) is 41.5 Å². The van der Waals surface area contributed by atoms with Gasteiger partial charge in [0.25, 0.3) is 0 Å². The van der Waals surface area contributed by atoms with Crippen LogP contribution in [0.4, 0.5) is 0 Å². The molecule has 1 aromatic rings. The Labute approximate surface area is 126 Å². The Morgan fingerprint density at radius 1 is 0.810 bits per heavy atom. The minimum atomic E-state index is -1.23. The molecule has 0 unspecified atom stereocenters. The molecule has 0 atom stereocenters. The molecular weight excluding hydrogens is 268 g/mol. The molecule has 2 N–H and O–H groups in total. The predicted molar refractivity (Wildman–Crippen MR) is 88.0 cm³/mol. The lowest BCUT2D eigenvalue weighted by atomic mass is 10.1. The second-order valence-electron chi connectivity index (χ2n) is 3.38. The minimum absolute atomic E-state index is 0.190. The zero-order valence-electron chi connectivity index (χ0n) is 12.9. The summed E-state index contributed by atoms with van der Waals surface area (Å²) in [5.74, 6) is -2.46. The van der Waals surface area contributed by atoms with Gasteiger partial charge >= 0.3 is 11.9 Å². The Morgan fingerprint density at radius 3 is 1.14 bits per heavy atom. The minimum Gasteiger partial charge on any atom is -0.478 e. The van der Waals surface area contributed by atoms with Gasteiger partial charge < -0.3 is 10.2 Å². The molecule has 0 radical (unpaired) electrons. The summed E-state index contributed by atoms with van der Waals surface area (Å²) in [5, 5.41) is 17.1. The van der Waals surface area contributed by atoms with Gasteiger partial charge in [0.2, 0.25) is 0 Å². The molecule has 0 amide bonds. The van der Waals surface area contributed by atoms with Crippen LogP contribution in [0.25, 0.3) is 0 Å². The molecular formula is C17H24O4.